The third kappa shape index (κ3) is 6.44. The highest BCUT2D eigenvalue weighted by molar-refractivity contribution is 5.94. The number of amides is 1. The van der Waals surface area contributed by atoms with Crippen molar-refractivity contribution in [3.8, 4) is 5.69 Å². The van der Waals surface area contributed by atoms with Gasteiger partial charge >= 0.3 is 0 Å². The van der Waals surface area contributed by atoms with E-state index in [4.69, 9.17) is 4.99 Å². The fourth-order valence-electron chi connectivity index (χ4n) is 3.42. The van der Waals surface area contributed by atoms with E-state index in [9.17, 15) is 4.79 Å². The zero-order valence-electron chi connectivity index (χ0n) is 19.1. The van der Waals surface area contributed by atoms with Crippen LogP contribution >= 0.6 is 0 Å². The predicted octanol–water partition coefficient (Wildman–Crippen LogP) is 3.36. The summed E-state index contributed by atoms with van der Waals surface area (Å²) in [6.45, 7) is 8.72. The van der Waals surface area contributed by atoms with Gasteiger partial charge in [-0.1, -0.05) is 36.4 Å². The average molecular weight is 433 g/mol. The molecule has 0 spiro atoms. The number of hydrogen-bond donors (Lipinski definition) is 3. The molecule has 0 saturated heterocycles. The molecule has 1 aromatic heterocycles. The van der Waals surface area contributed by atoms with Crippen molar-refractivity contribution >= 4 is 11.9 Å². The number of hydrogen-bond acceptors (Lipinski definition) is 3. The van der Waals surface area contributed by atoms with E-state index >= 15 is 0 Å². The Morgan fingerprint density at radius 1 is 0.969 bits per heavy atom. The Hall–Kier alpha value is -3.61. The monoisotopic (exact) mass is 432 g/mol. The summed E-state index contributed by atoms with van der Waals surface area (Å²) in [7, 11) is 0. The van der Waals surface area contributed by atoms with Crippen molar-refractivity contribution in [2.45, 2.75) is 33.7 Å². The van der Waals surface area contributed by atoms with Crippen LogP contribution in [0.5, 0.6) is 0 Å². The van der Waals surface area contributed by atoms with E-state index < -0.39 is 0 Å². The Labute approximate surface area is 190 Å². The molecule has 0 saturated carbocycles. The first-order valence-corrected chi connectivity index (χ1v) is 11.1. The molecular formula is C25H32N6O. The van der Waals surface area contributed by atoms with Crippen LogP contribution in [0.4, 0.5) is 0 Å². The summed E-state index contributed by atoms with van der Waals surface area (Å²) >= 11 is 0. The maximum atomic E-state index is 12.1. The SMILES string of the molecule is CCNC(=NCc1ccccc1-n1nc(C)cc1C)NCCCNC(=O)c1ccccc1. The molecule has 0 aliphatic heterocycles. The number of guanidine groups is 1. The van der Waals surface area contributed by atoms with E-state index in [0.717, 1.165) is 41.6 Å². The van der Waals surface area contributed by atoms with Crippen LogP contribution in [0.15, 0.2) is 65.7 Å². The van der Waals surface area contributed by atoms with E-state index in [1.165, 1.54) is 0 Å². The number of aromatic nitrogens is 2. The van der Waals surface area contributed by atoms with Gasteiger partial charge in [-0.15, -0.1) is 0 Å². The van der Waals surface area contributed by atoms with Crippen LogP contribution in [0, 0.1) is 13.8 Å². The van der Waals surface area contributed by atoms with Crippen LogP contribution in [-0.4, -0.2) is 41.3 Å². The number of nitrogens with one attached hydrogen (secondary N) is 3. The highest BCUT2D eigenvalue weighted by Gasteiger charge is 2.09. The molecule has 0 unspecified atom stereocenters. The molecule has 0 atom stereocenters. The number of carbonyl (C=O) groups is 1. The first-order valence-electron chi connectivity index (χ1n) is 11.1. The van der Waals surface area contributed by atoms with Crippen LogP contribution in [0.1, 0.15) is 40.7 Å². The number of carbonyl (C=O) groups excluding carboxylic acids is 1. The lowest BCUT2D eigenvalue weighted by atomic mass is 10.2. The molecule has 0 fully saturated rings. The van der Waals surface area contributed by atoms with Gasteiger partial charge in [-0.2, -0.15) is 5.10 Å². The van der Waals surface area contributed by atoms with Gasteiger partial charge in [0, 0.05) is 30.9 Å². The molecule has 7 nitrogen and oxygen atoms in total. The molecule has 1 amide bonds. The molecule has 7 heteroatoms. The molecule has 32 heavy (non-hydrogen) atoms. The van der Waals surface area contributed by atoms with Gasteiger partial charge in [0.25, 0.3) is 5.91 Å². The second-order valence-corrected chi connectivity index (χ2v) is 7.57. The molecule has 3 aromatic rings. The number of para-hydroxylation sites is 1. The zero-order chi connectivity index (χ0) is 22.8. The molecule has 1 heterocycles. The highest BCUT2D eigenvalue weighted by atomic mass is 16.1. The fourth-order valence-corrected chi connectivity index (χ4v) is 3.42. The molecule has 3 N–H and O–H groups in total. The van der Waals surface area contributed by atoms with E-state index in [2.05, 4.69) is 46.2 Å². The van der Waals surface area contributed by atoms with Crippen molar-refractivity contribution < 1.29 is 4.79 Å². The minimum atomic E-state index is -0.0491. The Balaban J connectivity index is 1.54. The van der Waals surface area contributed by atoms with Crippen LogP contribution in [0.3, 0.4) is 0 Å². The number of aryl methyl sites for hydroxylation is 2. The normalized spacial score (nSPS) is 11.3. The first-order chi connectivity index (χ1) is 15.6. The molecule has 168 valence electrons. The topological polar surface area (TPSA) is 83.3 Å². The third-order valence-corrected chi connectivity index (χ3v) is 4.95. The summed E-state index contributed by atoms with van der Waals surface area (Å²) in [5.74, 6) is 0.706. The lowest BCUT2D eigenvalue weighted by molar-refractivity contribution is 0.0953. The molecule has 0 radical (unpaired) electrons. The molecular weight excluding hydrogens is 400 g/mol. The van der Waals surface area contributed by atoms with Gasteiger partial charge in [-0.05, 0) is 57.0 Å². The Bertz CT molecular complexity index is 1040. The molecule has 2 aromatic carbocycles. The molecule has 0 bridgehead atoms. The first kappa shape index (κ1) is 23.1. The van der Waals surface area contributed by atoms with E-state index in [-0.39, 0.29) is 5.91 Å². The standard InChI is InChI=1S/C25H32N6O/c1-4-26-25(28-16-10-15-27-24(32)21-11-6-5-7-12-21)29-18-22-13-8-9-14-23(22)31-20(3)17-19(2)30-31/h5-9,11-14,17H,4,10,15-16,18H2,1-3H3,(H,27,32)(H2,26,28,29). The largest absolute Gasteiger partial charge is 0.357 e. The molecule has 0 aliphatic carbocycles. The lowest BCUT2D eigenvalue weighted by Crippen LogP contribution is -2.38. The van der Waals surface area contributed by atoms with Crippen LogP contribution < -0.4 is 16.0 Å². The molecule has 3 rings (SSSR count). The smallest absolute Gasteiger partial charge is 0.251 e. The van der Waals surface area contributed by atoms with Gasteiger partial charge < -0.3 is 16.0 Å². The van der Waals surface area contributed by atoms with Crippen molar-refractivity contribution in [1.82, 2.24) is 25.7 Å². The van der Waals surface area contributed by atoms with Gasteiger partial charge in [0.05, 0.1) is 17.9 Å². The van der Waals surface area contributed by atoms with Crippen LogP contribution in [0.25, 0.3) is 5.69 Å². The fraction of sp³-hybridized carbons (Fsp3) is 0.320. The summed E-state index contributed by atoms with van der Waals surface area (Å²) in [6, 6.07) is 19.5. The van der Waals surface area contributed by atoms with Gasteiger partial charge in [0.15, 0.2) is 5.96 Å². The quantitative estimate of drug-likeness (QED) is 0.275. The van der Waals surface area contributed by atoms with Crippen molar-refractivity contribution in [3.63, 3.8) is 0 Å². The summed E-state index contributed by atoms with van der Waals surface area (Å²) < 4.78 is 1.97. The molecule has 0 aliphatic rings. The maximum absolute atomic E-state index is 12.1. The van der Waals surface area contributed by atoms with Gasteiger partial charge in [-0.3, -0.25) is 4.79 Å². The summed E-state index contributed by atoms with van der Waals surface area (Å²) in [4.78, 5) is 16.9. The van der Waals surface area contributed by atoms with Crippen molar-refractivity contribution in [1.29, 1.82) is 0 Å². The number of benzene rings is 2. The van der Waals surface area contributed by atoms with E-state index in [0.29, 0.717) is 25.2 Å². The summed E-state index contributed by atoms with van der Waals surface area (Å²) in [5.41, 5.74) is 4.92. The van der Waals surface area contributed by atoms with Crippen LogP contribution in [0.2, 0.25) is 0 Å². The maximum Gasteiger partial charge on any atom is 0.251 e. The van der Waals surface area contributed by atoms with Crippen molar-refractivity contribution in [3.05, 3.63) is 83.2 Å². The lowest BCUT2D eigenvalue weighted by Gasteiger charge is -2.13. The van der Waals surface area contributed by atoms with Gasteiger partial charge in [0.1, 0.15) is 0 Å². The zero-order valence-corrected chi connectivity index (χ0v) is 19.1. The average Bonchev–Trinajstić information content (AvgIpc) is 3.15. The predicted molar refractivity (Wildman–Crippen MR) is 129 cm³/mol. The van der Waals surface area contributed by atoms with Gasteiger partial charge in [-0.25, -0.2) is 9.67 Å². The van der Waals surface area contributed by atoms with Gasteiger partial charge in [0.2, 0.25) is 0 Å². The number of rotatable bonds is 9. The second kappa shape index (κ2) is 11.7. The number of aliphatic imine (C=N–C) groups is 1. The Morgan fingerprint density at radius 3 is 2.41 bits per heavy atom. The second-order valence-electron chi connectivity index (χ2n) is 7.57. The summed E-state index contributed by atoms with van der Waals surface area (Å²) in [6.07, 6.45) is 0.797. The third-order valence-electron chi connectivity index (χ3n) is 4.95. The van der Waals surface area contributed by atoms with E-state index in [1.54, 1.807) is 0 Å². The number of nitrogens with zero attached hydrogens (tertiary/aromatic N) is 3. The minimum absolute atomic E-state index is 0.0491. The Morgan fingerprint density at radius 2 is 1.69 bits per heavy atom. The van der Waals surface area contributed by atoms with Crippen molar-refractivity contribution in [2.24, 2.45) is 4.99 Å². The minimum Gasteiger partial charge on any atom is -0.357 e. The summed E-state index contributed by atoms with van der Waals surface area (Å²) in [5, 5.41) is 14.2. The highest BCUT2D eigenvalue weighted by Crippen LogP contribution is 2.17. The van der Waals surface area contributed by atoms with E-state index in [1.807, 2.05) is 61.0 Å². The van der Waals surface area contributed by atoms with Crippen molar-refractivity contribution in [2.75, 3.05) is 19.6 Å². The Kier molecular flexibility index (Phi) is 8.43. The van der Waals surface area contributed by atoms with Crippen LogP contribution in [-0.2, 0) is 6.54 Å².